The van der Waals surface area contributed by atoms with E-state index in [9.17, 15) is 4.79 Å². The fraction of sp³-hybridized carbons (Fsp3) is 0.278. The third kappa shape index (κ3) is 3.17. The third-order valence-corrected chi connectivity index (χ3v) is 4.73. The Morgan fingerprint density at radius 1 is 1.18 bits per heavy atom. The normalized spacial score (nSPS) is 15.3. The van der Waals surface area contributed by atoms with Crippen LogP contribution in [-0.4, -0.2) is 12.5 Å². The molecule has 1 fully saturated rings. The second kappa shape index (κ2) is 6.13. The highest BCUT2D eigenvalue weighted by Gasteiger charge is 2.51. The number of benzene rings is 2. The highest BCUT2D eigenvalue weighted by Crippen LogP contribution is 2.48. The maximum atomic E-state index is 12.5. The molecule has 22 heavy (non-hydrogen) atoms. The fourth-order valence-corrected chi connectivity index (χ4v) is 3.13. The summed E-state index contributed by atoms with van der Waals surface area (Å²) in [6.45, 7) is 0.651. The van der Waals surface area contributed by atoms with Gasteiger partial charge in [0.2, 0.25) is 5.91 Å². The molecule has 0 heterocycles. The van der Waals surface area contributed by atoms with Gasteiger partial charge in [-0.1, -0.05) is 40.2 Å². The average Bonchev–Trinajstić information content (AvgIpc) is 3.31. The van der Waals surface area contributed by atoms with Crippen molar-refractivity contribution in [3.63, 3.8) is 0 Å². The molecule has 3 rings (SSSR count). The van der Waals surface area contributed by atoms with Crippen molar-refractivity contribution in [2.24, 2.45) is 0 Å². The van der Waals surface area contributed by atoms with Crippen LogP contribution in [0.1, 0.15) is 24.0 Å². The van der Waals surface area contributed by atoms with Crippen LogP contribution in [-0.2, 0) is 16.6 Å². The molecular formula is C18H19BrN2O. The smallest absolute Gasteiger partial charge is 0.230 e. The molecule has 0 aliphatic heterocycles. The number of carbonyl (C=O) groups is 1. The SMILES string of the molecule is Nc1ccc(CCNC(=O)C2(c3cccc(Br)c3)CC2)cc1. The lowest BCUT2D eigenvalue weighted by atomic mass is 9.95. The summed E-state index contributed by atoms with van der Waals surface area (Å²) in [5, 5.41) is 3.08. The molecule has 1 amide bonds. The van der Waals surface area contributed by atoms with Crippen molar-refractivity contribution in [1.82, 2.24) is 5.32 Å². The van der Waals surface area contributed by atoms with Crippen molar-refractivity contribution in [2.75, 3.05) is 12.3 Å². The number of hydrogen-bond acceptors (Lipinski definition) is 2. The van der Waals surface area contributed by atoms with Crippen LogP contribution in [0.5, 0.6) is 0 Å². The molecule has 3 N–H and O–H groups in total. The van der Waals surface area contributed by atoms with Gasteiger partial charge in [0.25, 0.3) is 0 Å². The number of halogens is 1. The molecule has 2 aromatic carbocycles. The Bertz CT molecular complexity index is 678. The molecule has 0 aromatic heterocycles. The summed E-state index contributed by atoms with van der Waals surface area (Å²) < 4.78 is 1.02. The van der Waals surface area contributed by atoms with Crippen molar-refractivity contribution >= 4 is 27.5 Å². The van der Waals surface area contributed by atoms with Crippen molar-refractivity contribution < 1.29 is 4.79 Å². The number of nitrogens with two attached hydrogens (primary N) is 1. The standard InChI is InChI=1S/C18H19BrN2O/c19-15-3-1-2-14(12-15)18(9-10-18)17(22)21-11-8-13-4-6-16(20)7-5-13/h1-7,12H,8-11,20H2,(H,21,22). The molecule has 0 saturated heterocycles. The molecule has 1 aliphatic rings. The predicted molar refractivity (Wildman–Crippen MR) is 92.6 cm³/mol. The maximum absolute atomic E-state index is 12.5. The van der Waals surface area contributed by atoms with Gasteiger partial charge in [-0.15, -0.1) is 0 Å². The first-order valence-corrected chi connectivity index (χ1v) is 8.28. The highest BCUT2D eigenvalue weighted by atomic mass is 79.9. The van der Waals surface area contributed by atoms with Gasteiger partial charge >= 0.3 is 0 Å². The van der Waals surface area contributed by atoms with Crippen LogP contribution < -0.4 is 11.1 Å². The Kier molecular flexibility index (Phi) is 4.21. The molecule has 0 bridgehead atoms. The maximum Gasteiger partial charge on any atom is 0.230 e. The Morgan fingerprint density at radius 2 is 1.91 bits per heavy atom. The first-order chi connectivity index (χ1) is 10.6. The van der Waals surface area contributed by atoms with E-state index in [4.69, 9.17) is 5.73 Å². The van der Waals surface area contributed by atoms with E-state index in [1.165, 1.54) is 5.56 Å². The van der Waals surface area contributed by atoms with Crippen LogP contribution in [0.4, 0.5) is 5.69 Å². The average molecular weight is 359 g/mol. The first-order valence-electron chi connectivity index (χ1n) is 7.49. The summed E-state index contributed by atoms with van der Waals surface area (Å²) in [5.74, 6) is 0.140. The van der Waals surface area contributed by atoms with Gasteiger partial charge in [-0.05, 0) is 54.7 Å². The minimum Gasteiger partial charge on any atom is -0.399 e. The van der Waals surface area contributed by atoms with E-state index in [1.807, 2.05) is 48.5 Å². The van der Waals surface area contributed by atoms with E-state index in [-0.39, 0.29) is 11.3 Å². The molecule has 0 spiro atoms. The molecule has 1 aliphatic carbocycles. The van der Waals surface area contributed by atoms with Crippen molar-refractivity contribution in [3.05, 3.63) is 64.1 Å². The van der Waals surface area contributed by atoms with E-state index >= 15 is 0 Å². The van der Waals surface area contributed by atoms with E-state index < -0.39 is 0 Å². The third-order valence-electron chi connectivity index (χ3n) is 4.24. The number of anilines is 1. The predicted octanol–water partition coefficient (Wildman–Crippen LogP) is 3.42. The molecule has 0 radical (unpaired) electrons. The van der Waals surface area contributed by atoms with Crippen LogP contribution in [0.3, 0.4) is 0 Å². The molecule has 0 atom stereocenters. The first kappa shape index (κ1) is 15.1. The minimum atomic E-state index is -0.315. The van der Waals surface area contributed by atoms with Gasteiger partial charge in [-0.2, -0.15) is 0 Å². The van der Waals surface area contributed by atoms with Crippen LogP contribution in [0.25, 0.3) is 0 Å². The van der Waals surface area contributed by atoms with Gasteiger partial charge in [-0.25, -0.2) is 0 Å². The summed E-state index contributed by atoms with van der Waals surface area (Å²) in [4.78, 5) is 12.5. The van der Waals surface area contributed by atoms with E-state index in [0.717, 1.165) is 35.0 Å². The number of hydrogen-bond donors (Lipinski definition) is 2. The summed E-state index contributed by atoms with van der Waals surface area (Å²) in [5.41, 5.74) is 8.41. The topological polar surface area (TPSA) is 55.1 Å². The van der Waals surface area contributed by atoms with Crippen molar-refractivity contribution in [3.8, 4) is 0 Å². The minimum absolute atomic E-state index is 0.140. The van der Waals surface area contributed by atoms with Crippen LogP contribution in [0.15, 0.2) is 53.0 Å². The molecule has 3 nitrogen and oxygen atoms in total. The Hall–Kier alpha value is -1.81. The quantitative estimate of drug-likeness (QED) is 0.804. The lowest BCUT2D eigenvalue weighted by Gasteiger charge is -2.16. The zero-order valence-electron chi connectivity index (χ0n) is 12.3. The van der Waals surface area contributed by atoms with E-state index in [0.29, 0.717) is 6.54 Å². The lowest BCUT2D eigenvalue weighted by molar-refractivity contribution is -0.123. The van der Waals surface area contributed by atoms with Gasteiger partial charge in [0, 0.05) is 16.7 Å². The van der Waals surface area contributed by atoms with Gasteiger partial charge in [0.05, 0.1) is 5.41 Å². The number of rotatable bonds is 5. The number of amides is 1. The fourth-order valence-electron chi connectivity index (χ4n) is 2.73. The highest BCUT2D eigenvalue weighted by molar-refractivity contribution is 9.10. The number of nitrogen functional groups attached to an aromatic ring is 1. The molecule has 4 heteroatoms. The van der Waals surface area contributed by atoms with Crippen molar-refractivity contribution in [1.29, 1.82) is 0 Å². The van der Waals surface area contributed by atoms with E-state index in [1.54, 1.807) is 0 Å². The second-order valence-electron chi connectivity index (χ2n) is 5.84. The molecule has 1 saturated carbocycles. The van der Waals surface area contributed by atoms with Gasteiger partial charge in [-0.3, -0.25) is 4.79 Å². The summed E-state index contributed by atoms with van der Waals surface area (Å²) in [6, 6.07) is 15.8. The lowest BCUT2D eigenvalue weighted by Crippen LogP contribution is -2.35. The van der Waals surface area contributed by atoms with Gasteiger partial charge in [0.15, 0.2) is 0 Å². The molecule has 0 unspecified atom stereocenters. The number of carbonyl (C=O) groups excluding carboxylic acids is 1. The zero-order valence-corrected chi connectivity index (χ0v) is 13.9. The number of nitrogens with one attached hydrogen (secondary N) is 1. The zero-order chi connectivity index (χ0) is 15.6. The second-order valence-corrected chi connectivity index (χ2v) is 6.76. The summed E-state index contributed by atoms with van der Waals surface area (Å²) in [7, 11) is 0. The Labute approximate surface area is 139 Å². The largest absolute Gasteiger partial charge is 0.399 e. The molecule has 2 aromatic rings. The Balaban J connectivity index is 1.59. The van der Waals surface area contributed by atoms with Gasteiger partial charge in [0.1, 0.15) is 0 Å². The summed E-state index contributed by atoms with van der Waals surface area (Å²) in [6.07, 6.45) is 2.68. The Morgan fingerprint density at radius 3 is 2.55 bits per heavy atom. The van der Waals surface area contributed by atoms with Crippen LogP contribution in [0, 0.1) is 0 Å². The van der Waals surface area contributed by atoms with E-state index in [2.05, 4.69) is 21.2 Å². The summed E-state index contributed by atoms with van der Waals surface area (Å²) >= 11 is 3.48. The monoisotopic (exact) mass is 358 g/mol. The molecular weight excluding hydrogens is 340 g/mol. The molecule has 114 valence electrons. The van der Waals surface area contributed by atoms with Crippen LogP contribution in [0.2, 0.25) is 0 Å². The van der Waals surface area contributed by atoms with Crippen LogP contribution >= 0.6 is 15.9 Å². The van der Waals surface area contributed by atoms with Crippen molar-refractivity contribution in [2.45, 2.75) is 24.7 Å². The van der Waals surface area contributed by atoms with Gasteiger partial charge < -0.3 is 11.1 Å².